The van der Waals surface area contributed by atoms with Crippen LogP contribution in [0.5, 0.6) is 0 Å². The summed E-state index contributed by atoms with van der Waals surface area (Å²) in [4.78, 5) is 16.9. The normalized spacial score (nSPS) is 11.0. The van der Waals surface area contributed by atoms with E-state index in [-0.39, 0.29) is 21.5 Å². The number of benzene rings is 1. The largest absolute Gasteiger partial charge is 0.363 e. The lowest BCUT2D eigenvalue weighted by Gasteiger charge is -2.12. The van der Waals surface area contributed by atoms with E-state index in [9.17, 15) is 4.79 Å². The van der Waals surface area contributed by atoms with Gasteiger partial charge in [-0.05, 0) is 31.2 Å². The van der Waals surface area contributed by atoms with Gasteiger partial charge in [0.15, 0.2) is 0 Å². The first-order valence-electron chi connectivity index (χ1n) is 7.38. The molecule has 7 heteroatoms. The van der Waals surface area contributed by atoms with Crippen molar-refractivity contribution in [1.82, 2.24) is 9.55 Å². The molecule has 0 saturated heterocycles. The number of carbonyl (C=O) groups excluding carboxylic acids is 1. The van der Waals surface area contributed by atoms with Crippen LogP contribution in [0.25, 0.3) is 10.9 Å². The summed E-state index contributed by atoms with van der Waals surface area (Å²) < 4.78 is 6.74. The maximum Gasteiger partial charge on any atom is 0.265 e. The van der Waals surface area contributed by atoms with Crippen LogP contribution in [0.4, 0.5) is 5.69 Å². The number of halogens is 2. The van der Waals surface area contributed by atoms with Crippen molar-refractivity contribution in [2.75, 3.05) is 18.7 Å². The number of nitrogens with zero attached hydrogens (tertiary/aromatic N) is 2. The van der Waals surface area contributed by atoms with Gasteiger partial charge in [0, 0.05) is 36.3 Å². The molecule has 0 saturated carbocycles. The molecule has 0 aliphatic rings. The predicted octanol–water partition coefficient (Wildman–Crippen LogP) is 4.44. The van der Waals surface area contributed by atoms with Crippen molar-refractivity contribution in [3.05, 3.63) is 58.5 Å². The van der Waals surface area contributed by atoms with Gasteiger partial charge < -0.3 is 10.1 Å². The number of hydrogen-bond donors (Lipinski definition) is 1. The van der Waals surface area contributed by atoms with E-state index in [0.29, 0.717) is 19.0 Å². The van der Waals surface area contributed by atoms with Gasteiger partial charge in [-0.15, -0.1) is 0 Å². The van der Waals surface area contributed by atoms with Crippen LogP contribution in [-0.4, -0.2) is 28.8 Å². The van der Waals surface area contributed by atoms with Gasteiger partial charge in [-0.25, -0.2) is 0 Å². The number of fused-ring (bicyclic) bond motifs is 1. The van der Waals surface area contributed by atoms with Gasteiger partial charge >= 0.3 is 0 Å². The highest BCUT2D eigenvalue weighted by molar-refractivity contribution is 6.40. The van der Waals surface area contributed by atoms with Crippen LogP contribution in [0.1, 0.15) is 17.3 Å². The van der Waals surface area contributed by atoms with Crippen LogP contribution in [0.15, 0.2) is 42.9 Å². The standard InChI is InChI=1S/C17H15Cl2N3O2/c1-2-24-10-21-12-7-13(18)16(14(19)8-12)17(23)22-6-4-11-9-20-5-3-15(11)22/h3-9,21H,2,10H2,1H3. The summed E-state index contributed by atoms with van der Waals surface area (Å²) in [7, 11) is 0. The zero-order valence-electron chi connectivity index (χ0n) is 12.9. The first-order valence-corrected chi connectivity index (χ1v) is 8.14. The van der Waals surface area contributed by atoms with E-state index in [1.165, 1.54) is 4.57 Å². The summed E-state index contributed by atoms with van der Waals surface area (Å²) in [6.07, 6.45) is 5.02. The summed E-state index contributed by atoms with van der Waals surface area (Å²) in [5.41, 5.74) is 1.70. The van der Waals surface area contributed by atoms with Gasteiger partial charge in [-0.2, -0.15) is 0 Å². The average molecular weight is 364 g/mol. The Kier molecular flexibility index (Phi) is 5.04. The fraction of sp³-hybridized carbons (Fsp3) is 0.176. The molecule has 1 N–H and O–H groups in total. The van der Waals surface area contributed by atoms with E-state index in [1.807, 2.05) is 13.0 Å². The summed E-state index contributed by atoms with van der Waals surface area (Å²) in [6, 6.07) is 6.91. The van der Waals surface area contributed by atoms with Crippen molar-refractivity contribution < 1.29 is 9.53 Å². The molecular weight excluding hydrogens is 349 g/mol. The lowest BCUT2D eigenvalue weighted by atomic mass is 10.2. The fourth-order valence-corrected chi connectivity index (χ4v) is 3.04. The van der Waals surface area contributed by atoms with E-state index < -0.39 is 0 Å². The van der Waals surface area contributed by atoms with Gasteiger partial charge in [-0.3, -0.25) is 14.3 Å². The zero-order chi connectivity index (χ0) is 17.1. The smallest absolute Gasteiger partial charge is 0.265 e. The number of anilines is 1. The molecule has 0 fully saturated rings. The molecule has 0 aliphatic heterocycles. The topological polar surface area (TPSA) is 56.1 Å². The highest BCUT2D eigenvalue weighted by atomic mass is 35.5. The van der Waals surface area contributed by atoms with Gasteiger partial charge in [0.2, 0.25) is 0 Å². The van der Waals surface area contributed by atoms with Crippen LogP contribution in [0, 0.1) is 0 Å². The van der Waals surface area contributed by atoms with E-state index in [0.717, 1.165) is 10.9 Å². The Morgan fingerprint density at radius 2 is 2.04 bits per heavy atom. The molecule has 2 heterocycles. The minimum atomic E-state index is -0.289. The highest BCUT2D eigenvalue weighted by Crippen LogP contribution is 2.30. The van der Waals surface area contributed by atoms with Gasteiger partial charge in [0.25, 0.3) is 5.91 Å². The van der Waals surface area contributed by atoms with Crippen molar-refractivity contribution in [3.8, 4) is 0 Å². The summed E-state index contributed by atoms with van der Waals surface area (Å²) in [5.74, 6) is -0.289. The number of rotatable bonds is 5. The predicted molar refractivity (Wildman–Crippen MR) is 96.0 cm³/mol. The van der Waals surface area contributed by atoms with E-state index in [2.05, 4.69) is 10.3 Å². The molecular formula is C17H15Cl2N3O2. The first-order chi connectivity index (χ1) is 11.6. The zero-order valence-corrected chi connectivity index (χ0v) is 14.4. The molecule has 0 amide bonds. The van der Waals surface area contributed by atoms with Crippen molar-refractivity contribution in [2.24, 2.45) is 0 Å². The lowest BCUT2D eigenvalue weighted by Crippen LogP contribution is -2.13. The maximum atomic E-state index is 12.9. The third kappa shape index (κ3) is 3.24. The van der Waals surface area contributed by atoms with Crippen LogP contribution in [-0.2, 0) is 4.74 Å². The molecule has 0 aliphatic carbocycles. The molecule has 24 heavy (non-hydrogen) atoms. The summed E-state index contributed by atoms with van der Waals surface area (Å²) in [5, 5.41) is 4.47. The van der Waals surface area contributed by atoms with Crippen LogP contribution >= 0.6 is 23.2 Å². The molecule has 2 aromatic heterocycles. The molecule has 0 unspecified atom stereocenters. The van der Waals surface area contributed by atoms with Gasteiger partial charge in [0.05, 0.1) is 21.1 Å². The minimum Gasteiger partial charge on any atom is -0.363 e. The van der Waals surface area contributed by atoms with Crippen LogP contribution < -0.4 is 5.32 Å². The highest BCUT2D eigenvalue weighted by Gasteiger charge is 2.19. The second-order valence-corrected chi connectivity index (χ2v) is 5.87. The number of carbonyl (C=O) groups is 1. The Balaban J connectivity index is 1.95. The fourth-order valence-electron chi connectivity index (χ4n) is 2.40. The molecule has 0 bridgehead atoms. The number of ether oxygens (including phenoxy) is 1. The monoisotopic (exact) mass is 363 g/mol. The van der Waals surface area contributed by atoms with Crippen LogP contribution in [0.2, 0.25) is 10.0 Å². The molecule has 0 radical (unpaired) electrons. The lowest BCUT2D eigenvalue weighted by molar-refractivity contribution is 0.0965. The summed E-state index contributed by atoms with van der Waals surface area (Å²) in [6.45, 7) is 2.84. The van der Waals surface area contributed by atoms with Crippen molar-refractivity contribution >= 4 is 45.7 Å². The second-order valence-electron chi connectivity index (χ2n) is 5.05. The van der Waals surface area contributed by atoms with Gasteiger partial charge in [-0.1, -0.05) is 23.2 Å². The number of nitrogens with one attached hydrogen (secondary N) is 1. The number of aromatic nitrogens is 2. The SMILES string of the molecule is CCOCNc1cc(Cl)c(C(=O)n2ccc3cnccc32)c(Cl)c1. The Hall–Kier alpha value is -2.08. The van der Waals surface area contributed by atoms with E-state index in [1.54, 1.807) is 36.8 Å². The third-order valence-corrected chi connectivity index (χ3v) is 4.14. The summed E-state index contributed by atoms with van der Waals surface area (Å²) >= 11 is 12.6. The first kappa shape index (κ1) is 16.8. The Labute approximate surface area is 149 Å². The average Bonchev–Trinajstić information content (AvgIpc) is 2.98. The second kappa shape index (κ2) is 7.21. The molecule has 3 rings (SSSR count). The van der Waals surface area contributed by atoms with Gasteiger partial charge in [0.1, 0.15) is 6.73 Å². The molecule has 0 spiro atoms. The van der Waals surface area contributed by atoms with E-state index >= 15 is 0 Å². The molecule has 0 atom stereocenters. The quantitative estimate of drug-likeness (QED) is 0.537. The van der Waals surface area contributed by atoms with Crippen molar-refractivity contribution in [2.45, 2.75) is 6.92 Å². The Morgan fingerprint density at radius 1 is 1.29 bits per heavy atom. The van der Waals surface area contributed by atoms with Crippen molar-refractivity contribution in [1.29, 1.82) is 0 Å². The number of pyridine rings is 1. The molecule has 5 nitrogen and oxygen atoms in total. The Bertz CT molecular complexity index is 869. The maximum absolute atomic E-state index is 12.9. The van der Waals surface area contributed by atoms with Crippen LogP contribution in [0.3, 0.4) is 0 Å². The van der Waals surface area contributed by atoms with E-state index in [4.69, 9.17) is 27.9 Å². The molecule has 3 aromatic rings. The Morgan fingerprint density at radius 3 is 2.75 bits per heavy atom. The molecule has 124 valence electrons. The molecule has 1 aromatic carbocycles. The minimum absolute atomic E-state index is 0.259. The number of hydrogen-bond acceptors (Lipinski definition) is 4. The third-order valence-electron chi connectivity index (χ3n) is 3.55. The van der Waals surface area contributed by atoms with Crippen molar-refractivity contribution in [3.63, 3.8) is 0 Å².